The maximum atomic E-state index is 13.9. The summed E-state index contributed by atoms with van der Waals surface area (Å²) in [5.74, 6) is -0.557. The van der Waals surface area contributed by atoms with Gasteiger partial charge in [-0.05, 0) is 98.1 Å². The van der Waals surface area contributed by atoms with Gasteiger partial charge in [0.05, 0.1) is 40.7 Å². The number of hydrogen-bond donors (Lipinski definition) is 3. The van der Waals surface area contributed by atoms with Crippen LogP contribution in [0.2, 0.25) is 0 Å². The van der Waals surface area contributed by atoms with E-state index in [9.17, 15) is 13.2 Å². The molecule has 2 saturated carbocycles. The molecule has 5 aliphatic rings. The van der Waals surface area contributed by atoms with Crippen molar-refractivity contribution in [3.8, 4) is 0 Å². The van der Waals surface area contributed by atoms with Crippen molar-refractivity contribution in [2.45, 2.75) is 51.4 Å². The average molecular weight is 580 g/mol. The normalized spacial score (nSPS) is 21.9. The molecule has 2 aromatic rings. The fourth-order valence-corrected chi connectivity index (χ4v) is 8.07. The first-order valence-corrected chi connectivity index (χ1v) is 16.8. The molecule has 2 aliphatic carbocycles. The van der Waals surface area contributed by atoms with Crippen LogP contribution in [0.25, 0.3) is 0 Å². The monoisotopic (exact) mass is 579 g/mol. The first-order valence-electron chi connectivity index (χ1n) is 15.1. The minimum Gasteiger partial charge on any atom is -0.395 e. The number of likely N-dealkylation sites (N-methyl/N-ethyl adjacent to an activating group) is 1. The Morgan fingerprint density at radius 3 is 2.24 bits per heavy atom. The van der Waals surface area contributed by atoms with E-state index in [0.29, 0.717) is 22.1 Å². The topological polar surface area (TPSA) is 105 Å². The molecule has 4 fully saturated rings. The third kappa shape index (κ3) is 5.25. The number of nitrogens with one attached hydrogen (secondary N) is 2. The van der Waals surface area contributed by atoms with Crippen molar-refractivity contribution in [2.75, 3.05) is 76.9 Å². The summed E-state index contributed by atoms with van der Waals surface area (Å²) < 4.78 is 27.3. The van der Waals surface area contributed by atoms with Gasteiger partial charge in [0.2, 0.25) is 10.0 Å². The number of aliphatic hydroxyl groups is 1. The molecule has 2 saturated heterocycles. The number of carbonyl (C=O) groups is 1. The van der Waals surface area contributed by atoms with Gasteiger partial charge in [0.1, 0.15) is 0 Å². The molecule has 41 heavy (non-hydrogen) atoms. The van der Waals surface area contributed by atoms with Crippen molar-refractivity contribution in [3.63, 3.8) is 0 Å². The van der Waals surface area contributed by atoms with Gasteiger partial charge in [0.15, 0.2) is 0 Å². The van der Waals surface area contributed by atoms with E-state index < -0.39 is 16.6 Å². The molecular weight excluding hydrogens is 538 g/mol. The Bertz CT molecular complexity index is 1470. The highest BCUT2D eigenvalue weighted by Gasteiger charge is 2.48. The Morgan fingerprint density at radius 1 is 0.878 bits per heavy atom. The Kier molecular flexibility index (Phi) is 6.43. The van der Waals surface area contributed by atoms with Crippen LogP contribution in [-0.2, 0) is 16.4 Å². The zero-order valence-electron chi connectivity index (χ0n) is 23.9. The SMILES string of the molecule is CN1CCc2cc(NC(=O)c3ccc(NS(=O)(=O)CCO)cc3N3CCC4(CC3)CC4)cc(N3CCC4(CC4)C3)c21. The van der Waals surface area contributed by atoms with Crippen molar-refractivity contribution >= 4 is 44.4 Å². The number of fused-ring (bicyclic) bond motifs is 1. The molecule has 9 nitrogen and oxygen atoms in total. The summed E-state index contributed by atoms with van der Waals surface area (Å²) in [7, 11) is -1.52. The molecular formula is C31H41N5O4S. The number of carbonyl (C=O) groups excluding carboxylic acids is 1. The second-order valence-corrected chi connectivity index (χ2v) is 15.0. The zero-order valence-corrected chi connectivity index (χ0v) is 24.7. The minimum absolute atomic E-state index is 0.186. The van der Waals surface area contributed by atoms with Gasteiger partial charge in [-0.15, -0.1) is 0 Å². The summed E-state index contributed by atoms with van der Waals surface area (Å²) >= 11 is 0. The number of nitrogens with zero attached hydrogens (tertiary/aromatic N) is 3. The van der Waals surface area contributed by atoms with Crippen LogP contribution in [0, 0.1) is 10.8 Å². The number of hydrogen-bond acceptors (Lipinski definition) is 7. The van der Waals surface area contributed by atoms with Crippen molar-refractivity contribution < 1.29 is 18.3 Å². The quantitative estimate of drug-likeness (QED) is 0.434. The largest absolute Gasteiger partial charge is 0.395 e. The van der Waals surface area contributed by atoms with Gasteiger partial charge < -0.3 is 25.1 Å². The van der Waals surface area contributed by atoms with Crippen LogP contribution in [0.5, 0.6) is 0 Å². The van der Waals surface area contributed by atoms with Crippen LogP contribution in [0.4, 0.5) is 28.4 Å². The summed E-state index contributed by atoms with van der Waals surface area (Å²) in [6, 6.07) is 9.41. The Balaban J connectivity index is 1.18. The first-order chi connectivity index (χ1) is 19.7. The van der Waals surface area contributed by atoms with Gasteiger partial charge in [-0.2, -0.15) is 0 Å². The Labute approximate surface area is 242 Å². The van der Waals surface area contributed by atoms with E-state index in [0.717, 1.165) is 63.4 Å². The van der Waals surface area contributed by atoms with Gasteiger partial charge in [-0.25, -0.2) is 8.42 Å². The van der Waals surface area contributed by atoms with Crippen molar-refractivity contribution in [2.24, 2.45) is 10.8 Å². The number of rotatable bonds is 8. The molecule has 0 unspecified atom stereocenters. The second-order valence-electron chi connectivity index (χ2n) is 13.2. The molecule has 3 N–H and O–H groups in total. The van der Waals surface area contributed by atoms with E-state index in [2.05, 4.69) is 43.9 Å². The predicted molar refractivity (Wildman–Crippen MR) is 164 cm³/mol. The third-order valence-corrected chi connectivity index (χ3v) is 11.5. The van der Waals surface area contributed by atoms with Crippen LogP contribution >= 0.6 is 0 Å². The molecule has 3 aliphatic heterocycles. The summed E-state index contributed by atoms with van der Waals surface area (Å²) in [5, 5.41) is 12.4. The standard InChI is InChI=1S/C31H41N5O4S/c1-34-12-4-22-18-24(20-27(28(22)34)36-15-11-31(21-36)7-8-31)32-29(38)25-3-2-23(33-41(39,40)17-16-37)19-26(25)35-13-9-30(5-6-30)10-14-35/h2-3,18-20,33,37H,4-17,21H2,1H3,(H,32,38). The highest BCUT2D eigenvalue weighted by Crippen LogP contribution is 2.55. The lowest BCUT2D eigenvalue weighted by molar-refractivity contribution is 0.102. The lowest BCUT2D eigenvalue weighted by Gasteiger charge is -2.35. The van der Waals surface area contributed by atoms with Crippen LogP contribution in [0.1, 0.15) is 60.9 Å². The van der Waals surface area contributed by atoms with Gasteiger partial charge >= 0.3 is 0 Å². The van der Waals surface area contributed by atoms with Gasteiger partial charge in [0.25, 0.3) is 5.91 Å². The molecule has 7 rings (SSSR count). The smallest absolute Gasteiger partial charge is 0.257 e. The van der Waals surface area contributed by atoms with E-state index >= 15 is 0 Å². The highest BCUT2D eigenvalue weighted by molar-refractivity contribution is 7.92. The molecule has 0 atom stereocenters. The summed E-state index contributed by atoms with van der Waals surface area (Å²) in [5.41, 5.74) is 7.28. The van der Waals surface area contributed by atoms with E-state index in [1.54, 1.807) is 18.2 Å². The molecule has 0 radical (unpaired) electrons. The summed E-state index contributed by atoms with van der Waals surface area (Å²) in [6.45, 7) is 4.38. The van der Waals surface area contributed by atoms with Crippen molar-refractivity contribution in [1.82, 2.24) is 0 Å². The summed E-state index contributed by atoms with van der Waals surface area (Å²) in [6.07, 6.45) is 9.60. The molecule has 2 aromatic carbocycles. The van der Waals surface area contributed by atoms with Crippen LogP contribution < -0.4 is 24.7 Å². The van der Waals surface area contributed by atoms with Gasteiger partial charge in [0, 0.05) is 45.5 Å². The fourth-order valence-electron chi connectivity index (χ4n) is 7.24. The number of amides is 1. The van der Waals surface area contributed by atoms with Crippen molar-refractivity contribution in [1.29, 1.82) is 0 Å². The number of anilines is 5. The third-order valence-electron chi connectivity index (χ3n) is 10.3. The Hall–Kier alpha value is -2.98. The predicted octanol–water partition coefficient (Wildman–Crippen LogP) is 4.04. The van der Waals surface area contributed by atoms with Crippen LogP contribution in [0.3, 0.4) is 0 Å². The summed E-state index contributed by atoms with van der Waals surface area (Å²) in [4.78, 5) is 21.0. The van der Waals surface area contributed by atoms with E-state index in [1.807, 2.05) is 0 Å². The number of benzene rings is 2. The molecule has 3 heterocycles. The number of piperidine rings is 1. The molecule has 1 amide bonds. The van der Waals surface area contributed by atoms with Crippen LogP contribution in [0.15, 0.2) is 30.3 Å². The lowest BCUT2D eigenvalue weighted by Crippen LogP contribution is -2.35. The first kappa shape index (κ1) is 26.9. The van der Waals surface area contributed by atoms with Crippen molar-refractivity contribution in [3.05, 3.63) is 41.5 Å². The Morgan fingerprint density at radius 2 is 1.56 bits per heavy atom. The van der Waals surface area contributed by atoms with E-state index in [-0.39, 0.29) is 11.7 Å². The van der Waals surface area contributed by atoms with Gasteiger partial charge in [-0.3, -0.25) is 9.52 Å². The van der Waals surface area contributed by atoms with E-state index in [1.165, 1.54) is 49.0 Å². The highest BCUT2D eigenvalue weighted by atomic mass is 32.2. The average Bonchev–Trinajstić information content (AvgIpc) is 3.79. The minimum atomic E-state index is -3.68. The maximum Gasteiger partial charge on any atom is 0.257 e. The molecule has 10 heteroatoms. The number of aliphatic hydroxyl groups excluding tert-OH is 1. The molecule has 0 aromatic heterocycles. The second kappa shape index (κ2) is 9.80. The van der Waals surface area contributed by atoms with Crippen LogP contribution in [-0.4, -0.2) is 71.6 Å². The lowest BCUT2D eigenvalue weighted by atomic mass is 9.93. The molecule has 2 spiro atoms. The number of sulfonamides is 1. The zero-order chi connectivity index (χ0) is 28.4. The van der Waals surface area contributed by atoms with Gasteiger partial charge in [-0.1, -0.05) is 0 Å². The molecule has 220 valence electrons. The fraction of sp³-hybridized carbons (Fsp3) is 0.581. The maximum absolute atomic E-state index is 13.9. The van der Waals surface area contributed by atoms with E-state index in [4.69, 9.17) is 5.11 Å². The molecule has 0 bridgehead atoms.